The summed E-state index contributed by atoms with van der Waals surface area (Å²) < 4.78 is 2.01. The summed E-state index contributed by atoms with van der Waals surface area (Å²) in [5.74, 6) is 1.02. The van der Waals surface area contributed by atoms with Gasteiger partial charge in [0.05, 0.1) is 31.7 Å². The predicted octanol–water partition coefficient (Wildman–Crippen LogP) is 1.90. The van der Waals surface area contributed by atoms with Gasteiger partial charge in [0.2, 0.25) is 5.82 Å². The summed E-state index contributed by atoms with van der Waals surface area (Å²) in [5, 5.41) is 12.6. The van der Waals surface area contributed by atoms with Gasteiger partial charge in [-0.2, -0.15) is 0 Å². The number of quaternary nitrogens is 1. The highest BCUT2D eigenvalue weighted by Crippen LogP contribution is 2.23. The van der Waals surface area contributed by atoms with E-state index >= 15 is 0 Å². The molecule has 0 saturated carbocycles. The Hall–Kier alpha value is -1.95. The second-order valence-corrected chi connectivity index (χ2v) is 8.44. The number of aryl methyl sites for hydroxylation is 1. The Morgan fingerprint density at radius 3 is 2.46 bits per heavy atom. The van der Waals surface area contributed by atoms with Gasteiger partial charge in [0.25, 0.3) is 0 Å². The molecule has 0 amide bonds. The average Bonchev–Trinajstić information content (AvgIpc) is 3.09. The van der Waals surface area contributed by atoms with Crippen LogP contribution >= 0.6 is 0 Å². The smallest absolute Gasteiger partial charge is 0.209 e. The second kappa shape index (κ2) is 7.35. The summed E-state index contributed by atoms with van der Waals surface area (Å²) >= 11 is 0. The van der Waals surface area contributed by atoms with Crippen LogP contribution in [-0.2, 0) is 5.54 Å². The minimum atomic E-state index is -0.0911. The number of aromatic nitrogens is 4. The molecule has 1 aliphatic heterocycles. The highest BCUT2D eigenvalue weighted by molar-refractivity contribution is 5.56. The molecule has 2 aromatic rings. The van der Waals surface area contributed by atoms with E-state index in [1.807, 2.05) is 4.68 Å². The molecule has 3 rings (SSSR count). The molecule has 1 saturated heterocycles. The van der Waals surface area contributed by atoms with Crippen LogP contribution in [0.4, 0.5) is 5.69 Å². The maximum absolute atomic E-state index is 4.40. The first-order valence-electron chi connectivity index (χ1n) is 9.77. The van der Waals surface area contributed by atoms with Gasteiger partial charge in [-0.05, 0) is 62.2 Å². The van der Waals surface area contributed by atoms with Gasteiger partial charge >= 0.3 is 0 Å². The largest absolute Gasteiger partial charge is 0.360 e. The lowest BCUT2D eigenvalue weighted by Gasteiger charge is -2.38. The van der Waals surface area contributed by atoms with Gasteiger partial charge in [0.1, 0.15) is 6.04 Å². The van der Waals surface area contributed by atoms with Crippen LogP contribution in [0.25, 0.3) is 0 Å². The summed E-state index contributed by atoms with van der Waals surface area (Å²) in [7, 11) is 0. The lowest BCUT2D eigenvalue weighted by molar-refractivity contribution is -0.933. The number of tetrazole rings is 1. The van der Waals surface area contributed by atoms with Gasteiger partial charge in [-0.3, -0.25) is 0 Å². The number of nitrogens with zero attached hydrogens (tertiary/aromatic N) is 5. The Bertz CT molecular complexity index is 737. The van der Waals surface area contributed by atoms with E-state index in [-0.39, 0.29) is 5.54 Å². The molecule has 0 spiro atoms. The standard InChI is InChI=1S/C20H32N6/c1-7-17(19-21-22-23-26(19)20(4,5)6)24-11-13-25(14-12-24)18-10-8-9-15(2)16(18)3/h8-10,17H,7,11-14H2,1-6H3/p+1/t17-/m1/s1. The van der Waals surface area contributed by atoms with E-state index in [9.17, 15) is 0 Å². The molecule has 1 aromatic heterocycles. The zero-order valence-electron chi connectivity index (χ0n) is 17.1. The van der Waals surface area contributed by atoms with Crippen LogP contribution in [-0.4, -0.2) is 46.4 Å². The third-order valence-corrected chi connectivity index (χ3v) is 5.66. The van der Waals surface area contributed by atoms with Crippen molar-refractivity contribution in [1.82, 2.24) is 20.2 Å². The Balaban J connectivity index is 1.74. The number of hydrogen-bond donors (Lipinski definition) is 1. The number of rotatable bonds is 4. The first kappa shape index (κ1) is 18.8. The van der Waals surface area contributed by atoms with E-state index in [2.05, 4.69) is 80.2 Å². The van der Waals surface area contributed by atoms with Crippen molar-refractivity contribution in [3.8, 4) is 0 Å². The maximum Gasteiger partial charge on any atom is 0.209 e. The molecule has 2 heterocycles. The van der Waals surface area contributed by atoms with Crippen molar-refractivity contribution in [1.29, 1.82) is 0 Å². The molecule has 0 unspecified atom stereocenters. The van der Waals surface area contributed by atoms with E-state index in [1.54, 1.807) is 4.90 Å². The topological polar surface area (TPSA) is 51.3 Å². The summed E-state index contributed by atoms with van der Waals surface area (Å²) in [4.78, 5) is 4.13. The third-order valence-electron chi connectivity index (χ3n) is 5.66. The molecule has 1 aromatic carbocycles. The highest BCUT2D eigenvalue weighted by atomic mass is 15.6. The van der Waals surface area contributed by atoms with Gasteiger partial charge in [0, 0.05) is 12.1 Å². The first-order chi connectivity index (χ1) is 12.3. The molecule has 1 fully saturated rings. The van der Waals surface area contributed by atoms with Crippen molar-refractivity contribution in [3.05, 3.63) is 35.2 Å². The van der Waals surface area contributed by atoms with Crippen molar-refractivity contribution in [2.24, 2.45) is 0 Å². The van der Waals surface area contributed by atoms with Gasteiger partial charge in [0.15, 0.2) is 0 Å². The predicted molar refractivity (Wildman–Crippen MR) is 105 cm³/mol. The van der Waals surface area contributed by atoms with Gasteiger partial charge in [-0.25, -0.2) is 4.68 Å². The fourth-order valence-corrected chi connectivity index (χ4v) is 4.00. The van der Waals surface area contributed by atoms with E-state index in [1.165, 1.54) is 16.8 Å². The third kappa shape index (κ3) is 3.61. The van der Waals surface area contributed by atoms with Crippen LogP contribution in [0.5, 0.6) is 0 Å². The van der Waals surface area contributed by atoms with E-state index in [4.69, 9.17) is 0 Å². The number of benzene rings is 1. The molecule has 1 N–H and O–H groups in total. The fraction of sp³-hybridized carbons (Fsp3) is 0.650. The summed E-state index contributed by atoms with van der Waals surface area (Å²) in [6, 6.07) is 6.97. The molecule has 6 heteroatoms. The van der Waals surface area contributed by atoms with Crippen molar-refractivity contribution in [2.45, 2.75) is 59.5 Å². The fourth-order valence-electron chi connectivity index (χ4n) is 4.00. The van der Waals surface area contributed by atoms with Crippen molar-refractivity contribution in [3.63, 3.8) is 0 Å². The molecule has 1 aliphatic rings. The summed E-state index contributed by atoms with van der Waals surface area (Å²) in [6.45, 7) is 17.5. The zero-order valence-corrected chi connectivity index (χ0v) is 17.1. The van der Waals surface area contributed by atoms with E-state index in [0.29, 0.717) is 6.04 Å². The van der Waals surface area contributed by atoms with E-state index in [0.717, 1.165) is 38.4 Å². The van der Waals surface area contributed by atoms with E-state index < -0.39 is 0 Å². The molecular weight excluding hydrogens is 324 g/mol. The van der Waals surface area contributed by atoms with Crippen LogP contribution < -0.4 is 9.80 Å². The molecule has 142 valence electrons. The van der Waals surface area contributed by atoms with Crippen LogP contribution in [0.3, 0.4) is 0 Å². The number of nitrogens with one attached hydrogen (secondary N) is 1. The van der Waals surface area contributed by atoms with Gasteiger partial charge < -0.3 is 9.80 Å². The monoisotopic (exact) mass is 357 g/mol. The maximum atomic E-state index is 4.40. The lowest BCUT2D eigenvalue weighted by atomic mass is 10.1. The Morgan fingerprint density at radius 1 is 1.15 bits per heavy atom. The Kier molecular flexibility index (Phi) is 5.32. The van der Waals surface area contributed by atoms with Crippen LogP contribution in [0, 0.1) is 13.8 Å². The quantitative estimate of drug-likeness (QED) is 0.908. The molecule has 26 heavy (non-hydrogen) atoms. The Morgan fingerprint density at radius 2 is 1.85 bits per heavy atom. The van der Waals surface area contributed by atoms with Crippen molar-refractivity contribution < 1.29 is 4.90 Å². The second-order valence-electron chi connectivity index (χ2n) is 8.44. The highest BCUT2D eigenvalue weighted by Gasteiger charge is 2.34. The van der Waals surface area contributed by atoms with Crippen LogP contribution in [0.1, 0.15) is 57.1 Å². The normalized spacial score (nSPS) is 17.5. The molecule has 6 nitrogen and oxygen atoms in total. The number of hydrogen-bond acceptors (Lipinski definition) is 4. The summed E-state index contributed by atoms with van der Waals surface area (Å²) in [6.07, 6.45) is 1.05. The SMILES string of the molecule is CC[C@H](c1nnnn1C(C)(C)C)[NH+]1CCN(c2cccc(C)c2C)CC1. The number of piperazine rings is 1. The molecule has 0 aliphatic carbocycles. The van der Waals surface area contributed by atoms with Gasteiger partial charge in [-0.15, -0.1) is 5.10 Å². The molecule has 0 bridgehead atoms. The molecule has 1 atom stereocenters. The zero-order chi connectivity index (χ0) is 18.9. The first-order valence-corrected chi connectivity index (χ1v) is 9.77. The number of anilines is 1. The minimum Gasteiger partial charge on any atom is -0.360 e. The summed E-state index contributed by atoms with van der Waals surface area (Å²) in [5.41, 5.74) is 4.07. The van der Waals surface area contributed by atoms with Gasteiger partial charge in [-0.1, -0.05) is 19.1 Å². The molecule has 0 radical (unpaired) electrons. The lowest BCUT2D eigenvalue weighted by Crippen LogP contribution is -3.15. The van der Waals surface area contributed by atoms with Crippen molar-refractivity contribution in [2.75, 3.05) is 31.1 Å². The Labute approximate surface area is 157 Å². The van der Waals surface area contributed by atoms with Crippen LogP contribution in [0.15, 0.2) is 18.2 Å². The average molecular weight is 358 g/mol. The molecular formula is C20H33N6+. The minimum absolute atomic E-state index is 0.0911. The van der Waals surface area contributed by atoms with Crippen molar-refractivity contribution >= 4 is 5.69 Å². The van der Waals surface area contributed by atoms with Crippen LogP contribution in [0.2, 0.25) is 0 Å².